The van der Waals surface area contributed by atoms with Crippen molar-refractivity contribution in [1.82, 2.24) is 4.90 Å². The van der Waals surface area contributed by atoms with Gasteiger partial charge in [-0.25, -0.2) is 0 Å². The van der Waals surface area contributed by atoms with Gasteiger partial charge in [-0.1, -0.05) is 34.1 Å². The summed E-state index contributed by atoms with van der Waals surface area (Å²) in [6.45, 7) is 10.1. The van der Waals surface area contributed by atoms with Gasteiger partial charge in [-0.15, -0.1) is 0 Å². The van der Waals surface area contributed by atoms with E-state index in [1.165, 1.54) is 38.5 Å². The summed E-state index contributed by atoms with van der Waals surface area (Å²) in [7, 11) is 2.07. The normalized spacial score (nSPS) is 54.2. The summed E-state index contributed by atoms with van der Waals surface area (Å²) >= 11 is 0. The molecule has 24 heavy (non-hydrogen) atoms. The van der Waals surface area contributed by atoms with Gasteiger partial charge in [0.25, 0.3) is 0 Å². The lowest BCUT2D eigenvalue weighted by atomic mass is 9.46. The largest absolute Gasteiger partial charge is 0.342 e. The van der Waals surface area contributed by atoms with Crippen molar-refractivity contribution in [2.45, 2.75) is 85.1 Å². The minimum atomic E-state index is 0.375. The topological polar surface area (TPSA) is 20.3 Å². The minimum Gasteiger partial charge on any atom is -0.342 e. The van der Waals surface area contributed by atoms with Crippen molar-refractivity contribution < 1.29 is 4.79 Å². The number of carbonyl (C=O) groups excluding carboxylic acids is 1. The Morgan fingerprint density at radius 1 is 1.08 bits per heavy atom. The van der Waals surface area contributed by atoms with Crippen molar-refractivity contribution in [1.29, 1.82) is 0 Å². The number of piperidine rings is 1. The molecule has 8 atom stereocenters. The molecule has 0 bridgehead atoms. The second-order valence-corrected chi connectivity index (χ2v) is 10.3. The van der Waals surface area contributed by atoms with E-state index in [1.54, 1.807) is 0 Å². The Hall–Kier alpha value is -0.530. The molecule has 0 N–H and O–H groups in total. The van der Waals surface area contributed by atoms with Crippen LogP contribution in [0.4, 0.5) is 0 Å². The third kappa shape index (κ3) is 2.04. The van der Waals surface area contributed by atoms with Gasteiger partial charge in [-0.2, -0.15) is 0 Å². The van der Waals surface area contributed by atoms with Crippen LogP contribution in [0.2, 0.25) is 0 Å². The third-order valence-corrected chi connectivity index (χ3v) is 9.59. The molecule has 1 heterocycles. The van der Waals surface area contributed by atoms with Crippen LogP contribution in [0.3, 0.4) is 0 Å². The van der Waals surface area contributed by atoms with E-state index in [0.29, 0.717) is 22.8 Å². The van der Waals surface area contributed by atoms with Crippen molar-refractivity contribution in [2.24, 2.45) is 40.4 Å². The first kappa shape index (κ1) is 16.9. The number of nitrogens with zero attached hydrogens (tertiary/aromatic N) is 1. The van der Waals surface area contributed by atoms with Gasteiger partial charge in [0.15, 0.2) is 0 Å². The minimum absolute atomic E-state index is 0.375. The van der Waals surface area contributed by atoms with Crippen LogP contribution in [-0.2, 0) is 4.79 Å². The smallest absolute Gasteiger partial charge is 0.222 e. The van der Waals surface area contributed by atoms with E-state index in [4.69, 9.17) is 0 Å². The Morgan fingerprint density at radius 3 is 2.54 bits per heavy atom. The Balaban J connectivity index is 1.65. The molecule has 136 valence electrons. The van der Waals surface area contributed by atoms with E-state index < -0.39 is 0 Å². The second-order valence-electron chi connectivity index (χ2n) is 10.3. The van der Waals surface area contributed by atoms with E-state index in [1.807, 2.05) is 0 Å². The van der Waals surface area contributed by atoms with Crippen LogP contribution >= 0.6 is 0 Å². The van der Waals surface area contributed by atoms with Gasteiger partial charge in [0.05, 0.1) is 0 Å². The maximum absolute atomic E-state index is 12.2. The molecule has 4 fully saturated rings. The molecule has 0 aromatic carbocycles. The maximum atomic E-state index is 12.2. The standard InChI is InChI=1S/C22H37NO/c1-6-16-14(2)13-18-15-7-8-19-22(4,12-10-20(24)23(19)5)17(15)9-11-21(16,18)3/h14-19H,6-13H2,1-5H3/t14-,15?,16?,17?,18?,19+,21?,22?/m0/s1. The number of likely N-dealkylation sites (tertiary alicyclic amines) is 1. The van der Waals surface area contributed by atoms with Crippen LogP contribution in [0.15, 0.2) is 0 Å². The zero-order valence-electron chi connectivity index (χ0n) is 16.5. The first-order valence-corrected chi connectivity index (χ1v) is 10.6. The van der Waals surface area contributed by atoms with Crippen molar-refractivity contribution >= 4 is 5.91 Å². The summed E-state index contributed by atoms with van der Waals surface area (Å²) < 4.78 is 0. The van der Waals surface area contributed by atoms with Gasteiger partial charge in [0.1, 0.15) is 0 Å². The van der Waals surface area contributed by atoms with Gasteiger partial charge >= 0.3 is 0 Å². The maximum Gasteiger partial charge on any atom is 0.222 e. The summed E-state index contributed by atoms with van der Waals surface area (Å²) in [5, 5.41) is 0. The van der Waals surface area contributed by atoms with E-state index in [2.05, 4.69) is 39.6 Å². The lowest BCUT2D eigenvalue weighted by Crippen LogP contribution is -2.61. The predicted molar refractivity (Wildman–Crippen MR) is 98.5 cm³/mol. The van der Waals surface area contributed by atoms with Gasteiger partial charge in [0, 0.05) is 19.5 Å². The number of hydrogen-bond acceptors (Lipinski definition) is 1. The Kier molecular flexibility index (Phi) is 3.86. The summed E-state index contributed by atoms with van der Waals surface area (Å²) in [6.07, 6.45) is 10.2. The molecule has 0 radical (unpaired) electrons. The van der Waals surface area contributed by atoms with Crippen LogP contribution in [0.25, 0.3) is 0 Å². The van der Waals surface area contributed by atoms with Gasteiger partial charge in [-0.3, -0.25) is 4.79 Å². The van der Waals surface area contributed by atoms with Crippen LogP contribution < -0.4 is 0 Å². The molecule has 1 aliphatic heterocycles. The number of fused-ring (bicyclic) bond motifs is 5. The molecule has 3 saturated carbocycles. The van der Waals surface area contributed by atoms with Crippen molar-refractivity contribution in [3.8, 4) is 0 Å². The molecule has 6 unspecified atom stereocenters. The molecule has 1 saturated heterocycles. The summed E-state index contributed by atoms with van der Waals surface area (Å²) in [5.41, 5.74) is 0.968. The molecular weight excluding hydrogens is 294 g/mol. The van der Waals surface area contributed by atoms with Gasteiger partial charge in [0.2, 0.25) is 5.91 Å². The van der Waals surface area contributed by atoms with Crippen LogP contribution in [0.1, 0.15) is 79.1 Å². The lowest BCUT2D eigenvalue weighted by Gasteiger charge is -2.61. The molecule has 2 nitrogen and oxygen atoms in total. The Bertz CT molecular complexity index is 530. The summed E-state index contributed by atoms with van der Waals surface area (Å²) in [4.78, 5) is 14.4. The average Bonchev–Trinajstić information content (AvgIpc) is 2.81. The molecular formula is C22H37NO. The van der Waals surface area contributed by atoms with Gasteiger partial charge < -0.3 is 4.90 Å². The van der Waals surface area contributed by atoms with E-state index in [9.17, 15) is 4.79 Å². The number of carbonyl (C=O) groups is 1. The summed E-state index contributed by atoms with van der Waals surface area (Å²) in [6, 6.07) is 0.505. The predicted octanol–water partition coefficient (Wildman–Crippen LogP) is 5.12. The molecule has 0 aromatic rings. The molecule has 3 aliphatic carbocycles. The second kappa shape index (κ2) is 5.48. The summed E-state index contributed by atoms with van der Waals surface area (Å²) in [5.74, 6) is 4.95. The van der Waals surface area contributed by atoms with Crippen molar-refractivity contribution in [3.05, 3.63) is 0 Å². The highest BCUT2D eigenvalue weighted by molar-refractivity contribution is 5.77. The Labute approximate surface area is 148 Å². The average molecular weight is 332 g/mol. The SMILES string of the molecule is CCC1[C@@H](C)CC2C3CC[C@H]4N(C)C(=O)CCC4(C)C3CCC21C. The lowest BCUT2D eigenvalue weighted by molar-refractivity contribution is -0.158. The highest BCUT2D eigenvalue weighted by atomic mass is 16.2. The molecule has 2 heteroatoms. The van der Waals surface area contributed by atoms with E-state index >= 15 is 0 Å². The van der Waals surface area contributed by atoms with E-state index in [0.717, 1.165) is 42.4 Å². The molecule has 0 aromatic heterocycles. The fourth-order valence-electron chi connectivity index (χ4n) is 8.49. The quantitative estimate of drug-likeness (QED) is 0.653. The first-order chi connectivity index (χ1) is 11.3. The van der Waals surface area contributed by atoms with Gasteiger partial charge in [-0.05, 0) is 78.9 Å². The van der Waals surface area contributed by atoms with Crippen molar-refractivity contribution in [2.75, 3.05) is 7.05 Å². The zero-order chi connectivity index (χ0) is 17.3. The molecule has 0 spiro atoms. The van der Waals surface area contributed by atoms with Crippen LogP contribution in [0, 0.1) is 40.4 Å². The highest BCUT2D eigenvalue weighted by Crippen LogP contribution is 2.67. The fraction of sp³-hybridized carbons (Fsp3) is 0.955. The first-order valence-electron chi connectivity index (χ1n) is 10.6. The molecule has 1 amide bonds. The molecule has 4 aliphatic rings. The monoisotopic (exact) mass is 331 g/mol. The Morgan fingerprint density at radius 2 is 1.83 bits per heavy atom. The number of amides is 1. The third-order valence-electron chi connectivity index (χ3n) is 9.59. The zero-order valence-corrected chi connectivity index (χ0v) is 16.5. The highest BCUT2D eigenvalue weighted by Gasteiger charge is 2.61. The van der Waals surface area contributed by atoms with Crippen LogP contribution in [0.5, 0.6) is 0 Å². The number of hydrogen-bond donors (Lipinski definition) is 0. The number of rotatable bonds is 1. The van der Waals surface area contributed by atoms with Crippen LogP contribution in [-0.4, -0.2) is 23.9 Å². The van der Waals surface area contributed by atoms with Crippen molar-refractivity contribution in [3.63, 3.8) is 0 Å². The molecule has 4 rings (SSSR count). The van der Waals surface area contributed by atoms with E-state index in [-0.39, 0.29) is 0 Å². The fourth-order valence-corrected chi connectivity index (χ4v) is 8.49.